The lowest BCUT2D eigenvalue weighted by Gasteiger charge is -2.14. The first-order chi connectivity index (χ1) is 13.0. The second kappa shape index (κ2) is 12.5. The summed E-state index contributed by atoms with van der Waals surface area (Å²) in [6.07, 6.45) is 0. The second-order valence-corrected chi connectivity index (χ2v) is 6.39. The summed E-state index contributed by atoms with van der Waals surface area (Å²) < 4.78 is 10.6. The minimum atomic E-state index is 0. The van der Waals surface area contributed by atoms with E-state index in [2.05, 4.69) is 53.4 Å². The van der Waals surface area contributed by atoms with Crippen LogP contribution >= 0.6 is 24.0 Å². The minimum Gasteiger partial charge on any atom is -0.493 e. The van der Waals surface area contributed by atoms with Crippen molar-refractivity contribution in [3.8, 4) is 11.5 Å². The molecule has 2 rings (SSSR count). The van der Waals surface area contributed by atoms with Gasteiger partial charge in [-0.15, -0.1) is 24.0 Å². The van der Waals surface area contributed by atoms with Gasteiger partial charge in [-0.1, -0.05) is 37.3 Å². The van der Waals surface area contributed by atoms with E-state index in [0.29, 0.717) is 30.5 Å². The van der Waals surface area contributed by atoms with Crippen molar-refractivity contribution in [3.05, 3.63) is 59.2 Å². The van der Waals surface area contributed by atoms with Crippen LogP contribution in [0.4, 0.5) is 0 Å². The Hall–Kier alpha value is -2.00. The third-order valence-electron chi connectivity index (χ3n) is 4.34. The second-order valence-electron chi connectivity index (χ2n) is 6.39. The molecule has 154 valence electrons. The maximum atomic E-state index is 6.01. The Labute approximate surface area is 185 Å². The van der Waals surface area contributed by atoms with Gasteiger partial charge in [0, 0.05) is 13.1 Å². The highest BCUT2D eigenvalue weighted by Crippen LogP contribution is 2.27. The minimum absolute atomic E-state index is 0. The number of nitrogens with zero attached hydrogens (tertiary/aromatic N) is 2. The third-order valence-corrected chi connectivity index (χ3v) is 4.34. The van der Waals surface area contributed by atoms with E-state index in [1.807, 2.05) is 18.2 Å². The van der Waals surface area contributed by atoms with Gasteiger partial charge < -0.3 is 25.4 Å². The van der Waals surface area contributed by atoms with Crippen molar-refractivity contribution < 1.29 is 9.47 Å². The summed E-state index contributed by atoms with van der Waals surface area (Å²) in [5.41, 5.74) is 9.48. The third kappa shape index (κ3) is 7.55. The molecule has 0 aromatic heterocycles. The molecule has 0 unspecified atom stereocenters. The van der Waals surface area contributed by atoms with Crippen LogP contribution in [-0.4, -0.2) is 38.7 Å². The topological polar surface area (TPSA) is 72.1 Å². The number of rotatable bonds is 9. The summed E-state index contributed by atoms with van der Waals surface area (Å²) in [5, 5.41) is 3.14. The average Bonchev–Trinajstić information content (AvgIpc) is 2.70. The van der Waals surface area contributed by atoms with Gasteiger partial charge in [-0.25, -0.2) is 4.99 Å². The van der Waals surface area contributed by atoms with Crippen LogP contribution in [0.1, 0.15) is 23.6 Å². The fourth-order valence-corrected chi connectivity index (χ4v) is 2.67. The van der Waals surface area contributed by atoms with Crippen LogP contribution in [0.3, 0.4) is 0 Å². The molecule has 0 saturated carbocycles. The van der Waals surface area contributed by atoms with Crippen LogP contribution in [-0.2, 0) is 19.6 Å². The lowest BCUT2D eigenvalue weighted by atomic mass is 10.1. The van der Waals surface area contributed by atoms with Crippen molar-refractivity contribution in [2.24, 2.45) is 10.7 Å². The monoisotopic (exact) mass is 498 g/mol. The highest BCUT2D eigenvalue weighted by atomic mass is 127. The van der Waals surface area contributed by atoms with Crippen LogP contribution in [0.5, 0.6) is 11.5 Å². The summed E-state index contributed by atoms with van der Waals surface area (Å²) >= 11 is 0. The van der Waals surface area contributed by atoms with E-state index in [9.17, 15) is 0 Å². The molecule has 0 spiro atoms. The van der Waals surface area contributed by atoms with Crippen LogP contribution in [0.25, 0.3) is 0 Å². The molecule has 0 aliphatic rings. The van der Waals surface area contributed by atoms with Crippen LogP contribution in [0, 0.1) is 0 Å². The van der Waals surface area contributed by atoms with Gasteiger partial charge in [-0.05, 0) is 42.4 Å². The van der Waals surface area contributed by atoms with Crippen molar-refractivity contribution >= 4 is 29.9 Å². The fraction of sp³-hybridized carbons (Fsp3) is 0.381. The number of ether oxygens (including phenoxy) is 2. The van der Waals surface area contributed by atoms with Crippen molar-refractivity contribution in [2.75, 3.05) is 27.8 Å². The van der Waals surface area contributed by atoms with Gasteiger partial charge in [0.15, 0.2) is 17.5 Å². The number of hydrogen-bond donors (Lipinski definition) is 2. The number of benzene rings is 2. The van der Waals surface area contributed by atoms with Gasteiger partial charge in [0.05, 0.1) is 20.8 Å². The average molecular weight is 498 g/mol. The number of methoxy groups -OCH3 is 2. The van der Waals surface area contributed by atoms with Gasteiger partial charge in [-0.2, -0.15) is 0 Å². The Morgan fingerprint density at radius 1 is 1.04 bits per heavy atom. The first-order valence-electron chi connectivity index (χ1n) is 9.06. The smallest absolute Gasteiger partial charge is 0.189 e. The van der Waals surface area contributed by atoms with E-state index in [4.69, 9.17) is 15.2 Å². The lowest BCUT2D eigenvalue weighted by molar-refractivity contribution is 0.345. The Balaban J connectivity index is 0.00000392. The molecule has 0 heterocycles. The zero-order valence-corrected chi connectivity index (χ0v) is 19.4. The van der Waals surface area contributed by atoms with Crippen molar-refractivity contribution in [3.63, 3.8) is 0 Å². The van der Waals surface area contributed by atoms with Gasteiger partial charge in [0.1, 0.15) is 0 Å². The maximum Gasteiger partial charge on any atom is 0.189 e. The zero-order chi connectivity index (χ0) is 19.6. The number of aliphatic imine (C=N–C) groups is 1. The molecule has 0 atom stereocenters. The Morgan fingerprint density at radius 2 is 1.75 bits per heavy atom. The van der Waals surface area contributed by atoms with Crippen molar-refractivity contribution in [1.82, 2.24) is 10.2 Å². The predicted octanol–water partition coefficient (Wildman–Crippen LogP) is 3.38. The predicted molar refractivity (Wildman–Crippen MR) is 126 cm³/mol. The quantitative estimate of drug-likeness (QED) is 0.315. The molecule has 0 aliphatic carbocycles. The summed E-state index contributed by atoms with van der Waals surface area (Å²) in [6.45, 7) is 5.22. The largest absolute Gasteiger partial charge is 0.493 e. The lowest BCUT2D eigenvalue weighted by Crippen LogP contribution is -2.31. The molecule has 0 saturated heterocycles. The molecule has 2 aromatic carbocycles. The Morgan fingerprint density at radius 3 is 2.43 bits per heavy atom. The molecule has 0 bridgehead atoms. The van der Waals surface area contributed by atoms with E-state index in [0.717, 1.165) is 24.2 Å². The molecular formula is C21H31IN4O2. The molecule has 0 aliphatic heterocycles. The number of guanidine groups is 1. The van der Waals surface area contributed by atoms with Crippen LogP contribution in [0.2, 0.25) is 0 Å². The molecular weight excluding hydrogens is 467 g/mol. The molecule has 6 nitrogen and oxygen atoms in total. The summed E-state index contributed by atoms with van der Waals surface area (Å²) in [7, 11) is 5.36. The zero-order valence-electron chi connectivity index (χ0n) is 17.1. The van der Waals surface area contributed by atoms with Crippen LogP contribution < -0.4 is 20.5 Å². The van der Waals surface area contributed by atoms with E-state index in [1.165, 1.54) is 5.56 Å². The SMILES string of the molecule is CCN(C)Cc1cccc(CN=C(N)NCc2ccc(OC)c(OC)c2)c1.I. The Kier molecular flexibility index (Phi) is 10.7. The van der Waals surface area contributed by atoms with E-state index in [1.54, 1.807) is 14.2 Å². The Bertz CT molecular complexity index is 768. The van der Waals surface area contributed by atoms with E-state index >= 15 is 0 Å². The van der Waals surface area contributed by atoms with Gasteiger partial charge in [0.25, 0.3) is 0 Å². The molecule has 2 aromatic rings. The molecule has 7 heteroatoms. The van der Waals surface area contributed by atoms with Gasteiger partial charge >= 0.3 is 0 Å². The molecule has 0 amide bonds. The summed E-state index contributed by atoms with van der Waals surface area (Å²) in [5.74, 6) is 1.82. The van der Waals surface area contributed by atoms with Gasteiger partial charge in [-0.3, -0.25) is 0 Å². The number of nitrogens with two attached hydrogens (primary N) is 1. The first kappa shape index (κ1) is 24.0. The normalized spacial score (nSPS) is 11.1. The van der Waals surface area contributed by atoms with Crippen molar-refractivity contribution in [2.45, 2.75) is 26.6 Å². The number of hydrogen-bond acceptors (Lipinski definition) is 4. The standard InChI is InChI=1S/C21H30N4O2.HI/c1-5-25(2)15-18-8-6-7-16(11-18)13-23-21(22)24-14-17-9-10-19(26-3)20(12-17)27-4;/h6-12H,5,13-15H2,1-4H3,(H3,22,23,24);1H. The summed E-state index contributed by atoms with van der Waals surface area (Å²) in [4.78, 5) is 6.71. The fourth-order valence-electron chi connectivity index (χ4n) is 2.67. The first-order valence-corrected chi connectivity index (χ1v) is 9.06. The summed E-state index contributed by atoms with van der Waals surface area (Å²) in [6, 6.07) is 14.2. The highest BCUT2D eigenvalue weighted by Gasteiger charge is 2.05. The number of halogens is 1. The maximum absolute atomic E-state index is 6.01. The molecule has 0 radical (unpaired) electrons. The molecule has 0 fully saturated rings. The van der Waals surface area contributed by atoms with Gasteiger partial charge in [0.2, 0.25) is 0 Å². The van der Waals surface area contributed by atoms with Crippen LogP contribution in [0.15, 0.2) is 47.5 Å². The number of nitrogens with one attached hydrogen (secondary N) is 1. The van der Waals surface area contributed by atoms with E-state index < -0.39 is 0 Å². The molecule has 28 heavy (non-hydrogen) atoms. The highest BCUT2D eigenvalue weighted by molar-refractivity contribution is 14.0. The van der Waals surface area contributed by atoms with Crippen molar-refractivity contribution in [1.29, 1.82) is 0 Å². The molecule has 3 N–H and O–H groups in total. The van der Waals surface area contributed by atoms with E-state index in [-0.39, 0.29) is 24.0 Å².